The molecule has 2 heterocycles. The van der Waals surface area contributed by atoms with Crippen molar-refractivity contribution in [3.63, 3.8) is 0 Å². The van der Waals surface area contributed by atoms with Gasteiger partial charge in [0.25, 0.3) is 0 Å². The Bertz CT molecular complexity index is 1010. The fourth-order valence-electron chi connectivity index (χ4n) is 3.20. The summed E-state index contributed by atoms with van der Waals surface area (Å²) < 4.78 is 13.0. The van der Waals surface area contributed by atoms with Gasteiger partial charge in [-0.15, -0.1) is 10.2 Å². The van der Waals surface area contributed by atoms with Gasteiger partial charge in [-0.2, -0.15) is 0 Å². The Morgan fingerprint density at radius 2 is 1.86 bits per heavy atom. The number of halogens is 1. The molecule has 1 atom stereocenters. The Balaban J connectivity index is 1.35. The zero-order valence-corrected chi connectivity index (χ0v) is 16.4. The fraction of sp³-hybridized carbons (Fsp3) is 0.238. The number of carbonyl (C=O) groups is 2. The smallest absolute Gasteiger partial charge is 0.229 e. The quantitative estimate of drug-likeness (QED) is 0.678. The number of aromatic nitrogens is 2. The number of carbonyl (C=O) groups excluding carboxylic acids is 2. The maximum absolute atomic E-state index is 13.0. The van der Waals surface area contributed by atoms with Crippen molar-refractivity contribution in [2.75, 3.05) is 11.4 Å². The first-order valence-electron chi connectivity index (χ1n) is 9.27. The minimum absolute atomic E-state index is 0.130. The van der Waals surface area contributed by atoms with Gasteiger partial charge in [-0.3, -0.25) is 14.5 Å². The first-order chi connectivity index (χ1) is 14.1. The summed E-state index contributed by atoms with van der Waals surface area (Å²) in [6, 6.07) is 15.9. The van der Waals surface area contributed by atoms with Crippen molar-refractivity contribution < 1.29 is 14.0 Å². The highest BCUT2D eigenvalue weighted by atomic mass is 32.1. The molecule has 1 fully saturated rings. The molecule has 1 N–H and O–H groups in total. The van der Waals surface area contributed by atoms with Crippen LogP contribution in [0.3, 0.4) is 0 Å². The number of rotatable bonds is 6. The predicted octanol–water partition coefficient (Wildman–Crippen LogP) is 2.94. The van der Waals surface area contributed by atoms with E-state index in [2.05, 4.69) is 15.5 Å². The summed E-state index contributed by atoms with van der Waals surface area (Å²) in [6.07, 6.45) is 0.797. The molecule has 0 spiro atoms. The molecular formula is C21H19FN4O2S. The molecule has 2 aromatic carbocycles. The Morgan fingerprint density at radius 3 is 2.62 bits per heavy atom. The SMILES string of the molecule is O=C(NCc1ccc(F)cc1)C1CC(=O)N(c2nnc(Cc3ccccc3)s2)C1. The summed E-state index contributed by atoms with van der Waals surface area (Å²) in [4.78, 5) is 26.4. The Hall–Kier alpha value is -3.13. The second-order valence-corrected chi connectivity index (χ2v) is 7.93. The van der Waals surface area contributed by atoms with Crippen molar-refractivity contribution in [1.82, 2.24) is 15.5 Å². The molecule has 1 aromatic heterocycles. The van der Waals surface area contributed by atoms with Crippen LogP contribution >= 0.6 is 11.3 Å². The van der Waals surface area contributed by atoms with Crippen molar-refractivity contribution in [2.24, 2.45) is 5.92 Å². The number of amides is 2. The van der Waals surface area contributed by atoms with Crippen LogP contribution in [0.1, 0.15) is 22.6 Å². The van der Waals surface area contributed by atoms with E-state index in [4.69, 9.17) is 0 Å². The highest BCUT2D eigenvalue weighted by Gasteiger charge is 2.36. The lowest BCUT2D eigenvalue weighted by Crippen LogP contribution is -2.32. The van der Waals surface area contributed by atoms with Crippen molar-refractivity contribution in [1.29, 1.82) is 0 Å². The molecule has 1 aliphatic heterocycles. The van der Waals surface area contributed by atoms with Crippen LogP contribution in [-0.2, 0) is 22.6 Å². The molecule has 0 aliphatic carbocycles. The van der Waals surface area contributed by atoms with Crippen LogP contribution in [0.4, 0.5) is 9.52 Å². The summed E-state index contributed by atoms with van der Waals surface area (Å²) in [5.74, 6) is -1.08. The third-order valence-electron chi connectivity index (χ3n) is 4.76. The van der Waals surface area contributed by atoms with Gasteiger partial charge in [0.2, 0.25) is 16.9 Å². The van der Waals surface area contributed by atoms with Crippen LogP contribution in [0.5, 0.6) is 0 Å². The Kier molecular flexibility index (Phi) is 5.62. The minimum atomic E-state index is -0.440. The number of hydrogen-bond acceptors (Lipinski definition) is 5. The van der Waals surface area contributed by atoms with Gasteiger partial charge >= 0.3 is 0 Å². The van der Waals surface area contributed by atoms with E-state index in [1.807, 2.05) is 30.3 Å². The van der Waals surface area contributed by atoms with E-state index >= 15 is 0 Å². The molecule has 1 unspecified atom stereocenters. The molecule has 0 saturated carbocycles. The Labute approximate surface area is 171 Å². The summed E-state index contributed by atoms with van der Waals surface area (Å²) >= 11 is 1.37. The van der Waals surface area contributed by atoms with Gasteiger partial charge in [0.15, 0.2) is 0 Å². The lowest BCUT2D eigenvalue weighted by Gasteiger charge is -2.12. The molecule has 1 saturated heterocycles. The van der Waals surface area contributed by atoms with Gasteiger partial charge in [-0.05, 0) is 23.3 Å². The molecule has 8 heteroatoms. The average molecular weight is 410 g/mol. The molecule has 6 nitrogen and oxygen atoms in total. The molecule has 0 bridgehead atoms. The molecule has 0 radical (unpaired) electrons. The lowest BCUT2D eigenvalue weighted by atomic mass is 10.1. The van der Waals surface area contributed by atoms with Gasteiger partial charge in [-0.1, -0.05) is 53.8 Å². The van der Waals surface area contributed by atoms with Crippen LogP contribution in [0, 0.1) is 11.7 Å². The number of nitrogens with zero attached hydrogens (tertiary/aromatic N) is 3. The van der Waals surface area contributed by atoms with E-state index in [0.29, 0.717) is 18.1 Å². The first-order valence-corrected chi connectivity index (χ1v) is 10.1. The van der Waals surface area contributed by atoms with Crippen LogP contribution in [0.15, 0.2) is 54.6 Å². The standard InChI is InChI=1S/C21H19FN4O2S/c22-17-8-6-15(7-9-17)12-23-20(28)16-11-19(27)26(13-16)21-25-24-18(29-21)10-14-4-2-1-3-5-14/h1-9,16H,10-13H2,(H,23,28). The molecule has 29 heavy (non-hydrogen) atoms. The maximum Gasteiger partial charge on any atom is 0.229 e. The second kappa shape index (κ2) is 8.48. The van der Waals surface area contributed by atoms with E-state index in [0.717, 1.165) is 16.1 Å². The molecule has 148 valence electrons. The van der Waals surface area contributed by atoms with Gasteiger partial charge in [0, 0.05) is 25.9 Å². The van der Waals surface area contributed by atoms with E-state index in [9.17, 15) is 14.0 Å². The Morgan fingerprint density at radius 1 is 1.10 bits per heavy atom. The highest BCUT2D eigenvalue weighted by Crippen LogP contribution is 2.29. The maximum atomic E-state index is 13.0. The second-order valence-electron chi connectivity index (χ2n) is 6.89. The molecule has 2 amide bonds. The molecule has 1 aliphatic rings. The first kappa shape index (κ1) is 19.2. The van der Waals surface area contributed by atoms with E-state index < -0.39 is 5.92 Å². The van der Waals surface area contributed by atoms with Crippen LogP contribution in [0.25, 0.3) is 0 Å². The van der Waals surface area contributed by atoms with Crippen LogP contribution < -0.4 is 10.2 Å². The molecule has 4 rings (SSSR count). The zero-order chi connectivity index (χ0) is 20.2. The zero-order valence-electron chi connectivity index (χ0n) is 15.5. The largest absolute Gasteiger partial charge is 0.352 e. The molecular weight excluding hydrogens is 391 g/mol. The number of hydrogen-bond donors (Lipinski definition) is 1. The van der Waals surface area contributed by atoms with Crippen LogP contribution in [0.2, 0.25) is 0 Å². The third-order valence-corrected chi connectivity index (χ3v) is 5.71. The van der Waals surface area contributed by atoms with Crippen molar-refractivity contribution in [2.45, 2.75) is 19.4 Å². The number of anilines is 1. The lowest BCUT2D eigenvalue weighted by molar-refractivity contribution is -0.126. The topological polar surface area (TPSA) is 75.2 Å². The predicted molar refractivity (Wildman–Crippen MR) is 108 cm³/mol. The van der Waals surface area contributed by atoms with Gasteiger partial charge in [0.05, 0.1) is 5.92 Å². The fourth-order valence-corrected chi connectivity index (χ4v) is 4.10. The summed E-state index contributed by atoms with van der Waals surface area (Å²) in [6.45, 7) is 0.581. The normalized spacial score (nSPS) is 16.2. The third kappa shape index (κ3) is 4.65. The summed E-state index contributed by atoms with van der Waals surface area (Å²) in [5.41, 5.74) is 1.93. The van der Waals surface area contributed by atoms with Crippen molar-refractivity contribution in [3.05, 3.63) is 76.5 Å². The van der Waals surface area contributed by atoms with Crippen molar-refractivity contribution in [3.8, 4) is 0 Å². The number of benzene rings is 2. The average Bonchev–Trinajstić information content (AvgIpc) is 3.34. The number of nitrogens with one attached hydrogen (secondary N) is 1. The summed E-state index contributed by atoms with van der Waals surface area (Å²) in [5, 5.41) is 12.5. The monoisotopic (exact) mass is 410 g/mol. The summed E-state index contributed by atoms with van der Waals surface area (Å²) in [7, 11) is 0. The van der Waals surface area contributed by atoms with Crippen LogP contribution in [-0.4, -0.2) is 28.6 Å². The van der Waals surface area contributed by atoms with E-state index in [-0.39, 0.29) is 30.6 Å². The van der Waals surface area contributed by atoms with Crippen molar-refractivity contribution >= 4 is 28.3 Å². The van der Waals surface area contributed by atoms with Gasteiger partial charge in [-0.25, -0.2) is 4.39 Å². The van der Waals surface area contributed by atoms with E-state index in [1.165, 1.54) is 28.4 Å². The molecule has 3 aromatic rings. The van der Waals surface area contributed by atoms with Gasteiger partial charge < -0.3 is 5.32 Å². The van der Waals surface area contributed by atoms with Gasteiger partial charge in [0.1, 0.15) is 10.8 Å². The minimum Gasteiger partial charge on any atom is -0.352 e. The van der Waals surface area contributed by atoms with E-state index in [1.54, 1.807) is 12.1 Å². The highest BCUT2D eigenvalue weighted by molar-refractivity contribution is 7.15.